The lowest BCUT2D eigenvalue weighted by Gasteiger charge is -2.38. The van der Waals surface area contributed by atoms with E-state index in [9.17, 15) is 9.59 Å². The summed E-state index contributed by atoms with van der Waals surface area (Å²) in [4.78, 5) is 34.7. The Balaban J connectivity index is 1.74. The van der Waals surface area contributed by atoms with Crippen molar-refractivity contribution in [3.8, 4) is 11.4 Å². The normalized spacial score (nSPS) is 15.7. The molecular formula is C25H30N4O3. The van der Waals surface area contributed by atoms with Crippen molar-refractivity contribution < 1.29 is 9.53 Å². The van der Waals surface area contributed by atoms with Crippen LogP contribution < -0.4 is 10.3 Å². The van der Waals surface area contributed by atoms with Crippen molar-refractivity contribution in [1.29, 1.82) is 0 Å². The average molecular weight is 435 g/mol. The molecule has 32 heavy (non-hydrogen) atoms. The molecule has 168 valence electrons. The predicted octanol–water partition coefficient (Wildman–Crippen LogP) is 3.40. The van der Waals surface area contributed by atoms with Crippen molar-refractivity contribution in [2.75, 3.05) is 32.8 Å². The first kappa shape index (κ1) is 22.0. The summed E-state index contributed by atoms with van der Waals surface area (Å²) < 4.78 is 7.28. The number of hydrogen-bond acceptors (Lipinski definition) is 5. The second kappa shape index (κ2) is 9.53. The van der Waals surface area contributed by atoms with E-state index in [-0.39, 0.29) is 17.5 Å². The molecule has 0 bridgehead atoms. The molecular weight excluding hydrogens is 404 g/mol. The van der Waals surface area contributed by atoms with Crippen LogP contribution in [-0.2, 0) is 4.79 Å². The Morgan fingerprint density at radius 1 is 1.03 bits per heavy atom. The minimum absolute atomic E-state index is 0.0820. The van der Waals surface area contributed by atoms with Crippen LogP contribution in [0.1, 0.15) is 39.1 Å². The van der Waals surface area contributed by atoms with E-state index in [1.54, 1.807) is 4.57 Å². The number of benzene rings is 2. The lowest BCUT2D eigenvalue weighted by molar-refractivity contribution is -0.132. The fraction of sp³-hybridized carbons (Fsp3) is 0.400. The molecule has 1 atom stereocenters. The summed E-state index contributed by atoms with van der Waals surface area (Å²) in [7, 11) is 0. The minimum atomic E-state index is -0.0854. The molecule has 1 saturated heterocycles. The number of fused-ring (bicyclic) bond motifs is 1. The maximum Gasteiger partial charge on any atom is 0.266 e. The van der Waals surface area contributed by atoms with Crippen molar-refractivity contribution in [2.24, 2.45) is 0 Å². The Kier molecular flexibility index (Phi) is 6.55. The number of rotatable bonds is 6. The third-order valence-corrected chi connectivity index (χ3v) is 6.10. The largest absolute Gasteiger partial charge is 0.494 e. The highest BCUT2D eigenvalue weighted by Gasteiger charge is 2.27. The second-order valence-corrected chi connectivity index (χ2v) is 8.00. The van der Waals surface area contributed by atoms with Crippen LogP contribution in [0.5, 0.6) is 5.75 Å². The van der Waals surface area contributed by atoms with Gasteiger partial charge in [-0.15, -0.1) is 0 Å². The van der Waals surface area contributed by atoms with Gasteiger partial charge in [-0.3, -0.25) is 19.1 Å². The van der Waals surface area contributed by atoms with Crippen LogP contribution >= 0.6 is 0 Å². The lowest BCUT2D eigenvalue weighted by Crippen LogP contribution is -2.49. The van der Waals surface area contributed by atoms with Gasteiger partial charge in [0.05, 0.1) is 29.2 Å². The molecule has 0 saturated carbocycles. The molecule has 1 aliphatic rings. The second-order valence-electron chi connectivity index (χ2n) is 8.00. The highest BCUT2D eigenvalue weighted by Crippen LogP contribution is 2.25. The van der Waals surface area contributed by atoms with E-state index in [0.29, 0.717) is 42.8 Å². The first-order valence-corrected chi connectivity index (χ1v) is 11.3. The van der Waals surface area contributed by atoms with Crippen molar-refractivity contribution >= 4 is 16.8 Å². The maximum atomic E-state index is 13.5. The van der Waals surface area contributed by atoms with Crippen LogP contribution in [0.2, 0.25) is 0 Å². The number of carbonyl (C=O) groups is 1. The molecule has 2 aromatic carbocycles. The molecule has 7 heteroatoms. The van der Waals surface area contributed by atoms with Crippen molar-refractivity contribution in [2.45, 2.75) is 33.2 Å². The standard InChI is InChI=1S/C25H30N4O3/c1-4-23(30)28-16-14-27(15-17-28)18(3)24-26-22-9-7-6-8-21(22)25(31)29(24)19-10-12-20(13-11-19)32-5-2/h6-13,18H,4-5,14-17H2,1-3H3. The summed E-state index contributed by atoms with van der Waals surface area (Å²) in [6, 6.07) is 14.9. The van der Waals surface area contributed by atoms with E-state index in [4.69, 9.17) is 9.72 Å². The Labute approximate surface area is 188 Å². The van der Waals surface area contributed by atoms with Gasteiger partial charge in [0, 0.05) is 32.6 Å². The maximum absolute atomic E-state index is 13.5. The van der Waals surface area contributed by atoms with Gasteiger partial charge in [0.25, 0.3) is 5.56 Å². The summed E-state index contributed by atoms with van der Waals surface area (Å²) in [6.07, 6.45) is 0.527. The molecule has 0 N–H and O–H groups in total. The van der Waals surface area contributed by atoms with Gasteiger partial charge in [0.15, 0.2) is 0 Å². The van der Waals surface area contributed by atoms with Gasteiger partial charge in [-0.05, 0) is 50.2 Å². The molecule has 0 spiro atoms. The van der Waals surface area contributed by atoms with Gasteiger partial charge < -0.3 is 9.64 Å². The molecule has 1 aromatic heterocycles. The Bertz CT molecular complexity index is 1150. The molecule has 7 nitrogen and oxygen atoms in total. The number of para-hydroxylation sites is 1. The fourth-order valence-electron chi connectivity index (χ4n) is 4.28. The Morgan fingerprint density at radius 3 is 2.38 bits per heavy atom. The first-order valence-electron chi connectivity index (χ1n) is 11.3. The molecule has 1 amide bonds. The van der Waals surface area contributed by atoms with Crippen molar-refractivity contribution in [1.82, 2.24) is 19.4 Å². The van der Waals surface area contributed by atoms with E-state index in [0.717, 1.165) is 24.5 Å². The zero-order valence-corrected chi connectivity index (χ0v) is 19.0. The van der Waals surface area contributed by atoms with Crippen LogP contribution in [0, 0.1) is 0 Å². The molecule has 4 rings (SSSR count). The molecule has 2 heterocycles. The molecule has 1 aliphatic heterocycles. The van der Waals surface area contributed by atoms with Crippen molar-refractivity contribution in [3.05, 3.63) is 64.7 Å². The van der Waals surface area contributed by atoms with Gasteiger partial charge >= 0.3 is 0 Å². The number of piperazine rings is 1. The summed E-state index contributed by atoms with van der Waals surface area (Å²) in [5.74, 6) is 1.66. The molecule has 3 aromatic rings. The summed E-state index contributed by atoms with van der Waals surface area (Å²) in [6.45, 7) is 9.39. The monoisotopic (exact) mass is 434 g/mol. The number of hydrogen-bond donors (Lipinski definition) is 0. The summed E-state index contributed by atoms with van der Waals surface area (Å²) in [5.41, 5.74) is 1.38. The number of ether oxygens (including phenoxy) is 1. The van der Waals surface area contributed by atoms with Crippen LogP contribution in [0.25, 0.3) is 16.6 Å². The number of carbonyl (C=O) groups excluding carboxylic acids is 1. The van der Waals surface area contributed by atoms with Gasteiger partial charge in [-0.25, -0.2) is 4.98 Å². The minimum Gasteiger partial charge on any atom is -0.494 e. The average Bonchev–Trinajstić information content (AvgIpc) is 2.84. The van der Waals surface area contributed by atoms with Crippen LogP contribution in [0.15, 0.2) is 53.3 Å². The Hall–Kier alpha value is -3.19. The first-order chi connectivity index (χ1) is 15.5. The third kappa shape index (κ3) is 4.25. The zero-order chi connectivity index (χ0) is 22.7. The highest BCUT2D eigenvalue weighted by atomic mass is 16.5. The zero-order valence-electron chi connectivity index (χ0n) is 19.0. The highest BCUT2D eigenvalue weighted by molar-refractivity contribution is 5.78. The van der Waals surface area contributed by atoms with E-state index in [1.807, 2.05) is 67.3 Å². The Morgan fingerprint density at radius 2 is 1.72 bits per heavy atom. The number of nitrogens with zero attached hydrogens (tertiary/aromatic N) is 4. The van der Waals surface area contributed by atoms with Crippen LogP contribution in [-0.4, -0.2) is 58.0 Å². The van der Waals surface area contributed by atoms with E-state index in [1.165, 1.54) is 0 Å². The summed E-state index contributed by atoms with van der Waals surface area (Å²) in [5, 5.41) is 0.593. The molecule has 1 unspecified atom stereocenters. The number of aromatic nitrogens is 2. The molecule has 0 radical (unpaired) electrons. The predicted molar refractivity (Wildman–Crippen MR) is 125 cm³/mol. The molecule has 0 aliphatic carbocycles. The lowest BCUT2D eigenvalue weighted by atomic mass is 10.1. The van der Waals surface area contributed by atoms with Crippen LogP contribution in [0.4, 0.5) is 0 Å². The van der Waals surface area contributed by atoms with Crippen LogP contribution in [0.3, 0.4) is 0 Å². The van der Waals surface area contributed by atoms with Gasteiger partial charge in [-0.2, -0.15) is 0 Å². The topological polar surface area (TPSA) is 67.7 Å². The van der Waals surface area contributed by atoms with E-state index >= 15 is 0 Å². The van der Waals surface area contributed by atoms with E-state index < -0.39 is 0 Å². The molecule has 1 fully saturated rings. The van der Waals surface area contributed by atoms with Gasteiger partial charge in [0.1, 0.15) is 11.6 Å². The van der Waals surface area contributed by atoms with E-state index in [2.05, 4.69) is 11.8 Å². The summed E-state index contributed by atoms with van der Waals surface area (Å²) >= 11 is 0. The number of amides is 1. The quantitative estimate of drug-likeness (QED) is 0.595. The SMILES string of the molecule is CCOc1ccc(-n2c(C(C)N3CCN(C(=O)CC)CC3)nc3ccccc3c2=O)cc1. The van der Waals surface area contributed by atoms with Gasteiger partial charge in [-0.1, -0.05) is 19.1 Å². The van der Waals surface area contributed by atoms with Gasteiger partial charge in [0.2, 0.25) is 5.91 Å². The third-order valence-electron chi connectivity index (χ3n) is 6.10. The smallest absolute Gasteiger partial charge is 0.266 e. The fourth-order valence-corrected chi connectivity index (χ4v) is 4.28. The van der Waals surface area contributed by atoms with Crippen molar-refractivity contribution in [3.63, 3.8) is 0 Å².